The Kier molecular flexibility index (Phi) is 4.46. The van der Waals surface area contributed by atoms with Gasteiger partial charge >= 0.3 is 0 Å². The number of rotatable bonds is 4. The van der Waals surface area contributed by atoms with Gasteiger partial charge < -0.3 is 14.1 Å². The number of hydrogen-bond donors (Lipinski definition) is 0. The Morgan fingerprint density at radius 3 is 2.50 bits per heavy atom. The van der Waals surface area contributed by atoms with Gasteiger partial charge in [0.15, 0.2) is 5.76 Å². The van der Waals surface area contributed by atoms with Gasteiger partial charge in [-0.1, -0.05) is 0 Å². The molecule has 2 rings (SSSR count). The van der Waals surface area contributed by atoms with Gasteiger partial charge in [-0.15, -0.1) is 0 Å². The monoisotopic (exact) mass is 302 g/mol. The zero-order valence-electron chi connectivity index (χ0n) is 11.5. The van der Waals surface area contributed by atoms with Crippen molar-refractivity contribution >= 4 is 15.9 Å². The molecule has 7 nitrogen and oxygen atoms in total. The van der Waals surface area contributed by atoms with Crippen molar-refractivity contribution in [2.45, 2.75) is 6.61 Å². The van der Waals surface area contributed by atoms with E-state index >= 15 is 0 Å². The summed E-state index contributed by atoms with van der Waals surface area (Å²) in [7, 11) is -1.64. The van der Waals surface area contributed by atoms with Gasteiger partial charge in [-0.3, -0.25) is 4.79 Å². The molecule has 0 aliphatic carbocycles. The number of furan rings is 1. The number of sulfonamides is 1. The van der Waals surface area contributed by atoms with Gasteiger partial charge in [0.25, 0.3) is 5.91 Å². The molecule has 0 radical (unpaired) electrons. The van der Waals surface area contributed by atoms with Crippen molar-refractivity contribution in [1.82, 2.24) is 9.21 Å². The van der Waals surface area contributed by atoms with Gasteiger partial charge in [-0.05, 0) is 12.1 Å². The van der Waals surface area contributed by atoms with Crippen molar-refractivity contribution in [1.29, 1.82) is 0 Å². The molecule has 0 atom stereocenters. The highest BCUT2D eigenvalue weighted by Crippen LogP contribution is 2.14. The summed E-state index contributed by atoms with van der Waals surface area (Å²) in [6.45, 7) is 1.68. The highest BCUT2D eigenvalue weighted by Gasteiger charge is 2.27. The summed E-state index contributed by atoms with van der Waals surface area (Å²) in [5, 5.41) is 0. The summed E-state index contributed by atoms with van der Waals surface area (Å²) >= 11 is 0. The Balaban J connectivity index is 1.97. The van der Waals surface area contributed by atoms with E-state index < -0.39 is 10.0 Å². The van der Waals surface area contributed by atoms with Gasteiger partial charge in [0.05, 0.1) is 6.26 Å². The Hall–Kier alpha value is -1.38. The first kappa shape index (κ1) is 15.0. The van der Waals surface area contributed by atoms with E-state index in [4.69, 9.17) is 9.15 Å². The van der Waals surface area contributed by atoms with E-state index in [1.54, 1.807) is 24.1 Å². The second kappa shape index (κ2) is 5.94. The largest absolute Gasteiger partial charge is 0.453 e. The number of hydrogen-bond acceptors (Lipinski definition) is 5. The van der Waals surface area contributed by atoms with Gasteiger partial charge in [0.2, 0.25) is 10.0 Å². The highest BCUT2D eigenvalue weighted by molar-refractivity contribution is 7.88. The number of carbonyl (C=O) groups excluding carboxylic acids is 1. The highest BCUT2D eigenvalue weighted by atomic mass is 32.2. The standard InChI is InChI=1S/C12H18N2O5S/c1-18-9-10-3-4-11(19-10)12(15)13-5-7-14(8-6-13)20(2,16)17/h3-4H,5-9H2,1-2H3. The van der Waals surface area contributed by atoms with Crippen LogP contribution in [0.3, 0.4) is 0 Å². The summed E-state index contributed by atoms with van der Waals surface area (Å²) in [5.41, 5.74) is 0. The van der Waals surface area contributed by atoms with Crippen LogP contribution in [0.15, 0.2) is 16.5 Å². The number of ether oxygens (including phenoxy) is 1. The fourth-order valence-electron chi connectivity index (χ4n) is 2.09. The third-order valence-electron chi connectivity index (χ3n) is 3.15. The van der Waals surface area contributed by atoms with Crippen LogP contribution < -0.4 is 0 Å². The van der Waals surface area contributed by atoms with Gasteiger partial charge in [-0.25, -0.2) is 8.42 Å². The minimum Gasteiger partial charge on any atom is -0.453 e. The van der Waals surface area contributed by atoms with Crippen LogP contribution in [-0.4, -0.2) is 63.1 Å². The minimum absolute atomic E-state index is 0.222. The van der Waals surface area contributed by atoms with E-state index in [-0.39, 0.29) is 11.7 Å². The molecule has 0 N–H and O–H groups in total. The zero-order valence-corrected chi connectivity index (χ0v) is 12.4. The quantitative estimate of drug-likeness (QED) is 0.790. The van der Waals surface area contributed by atoms with Crippen molar-refractivity contribution in [3.63, 3.8) is 0 Å². The van der Waals surface area contributed by atoms with Crippen LogP contribution in [0.4, 0.5) is 0 Å². The van der Waals surface area contributed by atoms with Gasteiger partial charge in [-0.2, -0.15) is 4.31 Å². The second-order valence-corrected chi connectivity index (χ2v) is 6.64. The first-order valence-electron chi connectivity index (χ1n) is 6.24. The molecule has 1 fully saturated rings. The molecule has 0 bridgehead atoms. The molecule has 1 aliphatic heterocycles. The molecule has 0 spiro atoms. The molecule has 1 saturated heterocycles. The predicted molar refractivity (Wildman–Crippen MR) is 71.7 cm³/mol. The van der Waals surface area contributed by atoms with Crippen molar-refractivity contribution in [2.24, 2.45) is 0 Å². The third kappa shape index (κ3) is 3.38. The van der Waals surface area contributed by atoms with Gasteiger partial charge in [0, 0.05) is 33.3 Å². The first-order chi connectivity index (χ1) is 9.41. The van der Waals surface area contributed by atoms with Crippen LogP contribution in [0.2, 0.25) is 0 Å². The lowest BCUT2D eigenvalue weighted by atomic mass is 10.3. The molecule has 0 saturated carbocycles. The maximum atomic E-state index is 12.2. The summed E-state index contributed by atoms with van der Waals surface area (Å²) in [6, 6.07) is 3.31. The molecule has 1 aromatic rings. The van der Waals surface area contributed by atoms with Crippen LogP contribution in [0.1, 0.15) is 16.3 Å². The number of piperazine rings is 1. The van der Waals surface area contributed by atoms with Crippen LogP contribution in [0, 0.1) is 0 Å². The van der Waals surface area contributed by atoms with E-state index in [9.17, 15) is 13.2 Å². The molecule has 0 aromatic carbocycles. The molecular formula is C12H18N2O5S. The summed E-state index contributed by atoms with van der Waals surface area (Å²) in [6.07, 6.45) is 1.17. The first-order valence-corrected chi connectivity index (χ1v) is 8.08. The normalized spacial score (nSPS) is 17.4. The number of nitrogens with zero attached hydrogens (tertiary/aromatic N) is 2. The summed E-state index contributed by atoms with van der Waals surface area (Å²) < 4.78 is 34.5. The maximum absolute atomic E-state index is 12.2. The molecule has 0 unspecified atom stereocenters. The lowest BCUT2D eigenvalue weighted by Crippen LogP contribution is -2.50. The fraction of sp³-hybridized carbons (Fsp3) is 0.583. The molecule has 112 valence electrons. The summed E-state index contributed by atoms with van der Waals surface area (Å²) in [5.74, 6) is 0.621. The lowest BCUT2D eigenvalue weighted by Gasteiger charge is -2.32. The van der Waals surface area contributed by atoms with Crippen molar-refractivity contribution < 1.29 is 22.4 Å². The fourth-order valence-corrected chi connectivity index (χ4v) is 2.92. The van der Waals surface area contributed by atoms with Crippen LogP contribution in [-0.2, 0) is 21.4 Å². The molecule has 1 aromatic heterocycles. The van der Waals surface area contributed by atoms with Crippen LogP contribution in [0.5, 0.6) is 0 Å². The SMILES string of the molecule is COCc1ccc(C(=O)N2CCN(S(C)(=O)=O)CC2)o1. The van der Waals surface area contributed by atoms with Crippen LogP contribution in [0.25, 0.3) is 0 Å². The number of carbonyl (C=O) groups is 1. The van der Waals surface area contributed by atoms with E-state index in [0.29, 0.717) is 38.5 Å². The van der Waals surface area contributed by atoms with E-state index in [1.807, 2.05) is 0 Å². The number of amides is 1. The Bertz CT molecular complexity index is 572. The average Bonchev–Trinajstić information content (AvgIpc) is 2.86. The van der Waals surface area contributed by atoms with Crippen molar-refractivity contribution in [2.75, 3.05) is 39.5 Å². The van der Waals surface area contributed by atoms with E-state index in [1.165, 1.54) is 10.6 Å². The summed E-state index contributed by atoms with van der Waals surface area (Å²) in [4.78, 5) is 13.8. The lowest BCUT2D eigenvalue weighted by molar-refractivity contribution is 0.0659. The minimum atomic E-state index is -3.19. The Morgan fingerprint density at radius 1 is 1.30 bits per heavy atom. The third-order valence-corrected chi connectivity index (χ3v) is 4.46. The van der Waals surface area contributed by atoms with Crippen molar-refractivity contribution in [3.05, 3.63) is 23.7 Å². The second-order valence-electron chi connectivity index (χ2n) is 4.65. The average molecular weight is 302 g/mol. The molecule has 8 heteroatoms. The molecular weight excluding hydrogens is 284 g/mol. The zero-order chi connectivity index (χ0) is 14.8. The smallest absolute Gasteiger partial charge is 0.289 e. The Labute approximate surface area is 118 Å². The van der Waals surface area contributed by atoms with E-state index in [0.717, 1.165) is 0 Å². The number of methoxy groups -OCH3 is 1. The predicted octanol–water partition coefficient (Wildman–Crippen LogP) is 0.143. The van der Waals surface area contributed by atoms with E-state index in [2.05, 4.69) is 0 Å². The molecule has 1 amide bonds. The maximum Gasteiger partial charge on any atom is 0.289 e. The topological polar surface area (TPSA) is 80.1 Å². The molecule has 2 heterocycles. The molecule has 20 heavy (non-hydrogen) atoms. The Morgan fingerprint density at radius 2 is 1.95 bits per heavy atom. The van der Waals surface area contributed by atoms with Gasteiger partial charge in [0.1, 0.15) is 12.4 Å². The molecule has 1 aliphatic rings. The van der Waals surface area contributed by atoms with Crippen LogP contribution >= 0.6 is 0 Å². The van der Waals surface area contributed by atoms with Crippen molar-refractivity contribution in [3.8, 4) is 0 Å².